The van der Waals surface area contributed by atoms with Crippen molar-refractivity contribution in [1.29, 1.82) is 0 Å². The second kappa shape index (κ2) is 7.09. The largest absolute Gasteiger partial charge is 0.503 e. The van der Waals surface area contributed by atoms with Crippen molar-refractivity contribution in [3.63, 3.8) is 0 Å². The van der Waals surface area contributed by atoms with Crippen molar-refractivity contribution in [2.75, 3.05) is 19.7 Å². The molecule has 1 saturated heterocycles. The van der Waals surface area contributed by atoms with Crippen LogP contribution >= 0.6 is 0 Å². The van der Waals surface area contributed by atoms with Gasteiger partial charge in [-0.1, -0.05) is 13.8 Å². The van der Waals surface area contributed by atoms with Crippen LogP contribution in [-0.4, -0.2) is 39.4 Å². The van der Waals surface area contributed by atoms with Crippen molar-refractivity contribution in [1.82, 2.24) is 9.47 Å². The fourth-order valence-corrected chi connectivity index (χ4v) is 2.91. The number of nitrogens with zero attached hydrogens (tertiary/aromatic N) is 2. The summed E-state index contributed by atoms with van der Waals surface area (Å²) < 4.78 is 1.86. The summed E-state index contributed by atoms with van der Waals surface area (Å²) in [6.07, 6.45) is 4.58. The van der Waals surface area contributed by atoms with E-state index in [2.05, 4.69) is 11.8 Å². The number of aromatic hydroxyl groups is 1. The van der Waals surface area contributed by atoms with Gasteiger partial charge in [0, 0.05) is 18.3 Å². The molecule has 2 N–H and O–H groups in total. The van der Waals surface area contributed by atoms with Gasteiger partial charge in [0.1, 0.15) is 0 Å². The second-order valence-corrected chi connectivity index (χ2v) is 6.12. The van der Waals surface area contributed by atoms with Crippen LogP contribution in [0.4, 0.5) is 0 Å². The molecule has 2 heterocycles. The van der Waals surface area contributed by atoms with E-state index in [0.29, 0.717) is 6.54 Å². The Balaban J connectivity index is 2.24. The summed E-state index contributed by atoms with van der Waals surface area (Å²) in [6.45, 7) is 7.02. The number of piperidine rings is 1. The zero-order valence-corrected chi connectivity index (χ0v) is 13.0. The van der Waals surface area contributed by atoms with Crippen molar-refractivity contribution in [2.24, 2.45) is 5.92 Å². The molecule has 118 valence electrons. The quantitative estimate of drug-likeness (QED) is 0.868. The molecule has 0 aliphatic carbocycles. The maximum atomic E-state index is 11.7. The van der Waals surface area contributed by atoms with E-state index in [-0.39, 0.29) is 23.8 Å². The third-order valence-electron chi connectivity index (χ3n) is 4.48. The standard InChI is InChI=1S/C16H26N2O3/c1-3-13(11-19)18-10-16(21)15(20)8-14(18)9-17-6-4-12(2)5-7-17/h8,10,12-13,19,21H,3-7,9,11H2,1-2H3. The number of likely N-dealkylation sites (tertiary alicyclic amines) is 1. The molecule has 5 heteroatoms. The van der Waals surface area contributed by atoms with E-state index in [1.54, 1.807) is 0 Å². The van der Waals surface area contributed by atoms with Crippen LogP contribution in [0.3, 0.4) is 0 Å². The van der Waals surface area contributed by atoms with Crippen LogP contribution in [0.2, 0.25) is 0 Å². The minimum absolute atomic E-state index is 0.00282. The molecule has 0 aromatic carbocycles. The minimum atomic E-state index is -0.348. The fourth-order valence-electron chi connectivity index (χ4n) is 2.91. The molecule has 1 aliphatic rings. The summed E-state index contributed by atoms with van der Waals surface area (Å²) in [5, 5.41) is 19.2. The third kappa shape index (κ3) is 3.86. The van der Waals surface area contributed by atoms with Gasteiger partial charge in [-0.25, -0.2) is 0 Å². The van der Waals surface area contributed by atoms with Gasteiger partial charge in [-0.3, -0.25) is 9.69 Å². The summed E-state index contributed by atoms with van der Waals surface area (Å²) in [6, 6.07) is 1.40. The minimum Gasteiger partial charge on any atom is -0.503 e. The van der Waals surface area contributed by atoms with Crippen LogP contribution in [0.5, 0.6) is 5.75 Å². The number of hydrogen-bond donors (Lipinski definition) is 2. The molecular weight excluding hydrogens is 268 g/mol. The average Bonchev–Trinajstić information content (AvgIpc) is 2.47. The lowest BCUT2D eigenvalue weighted by Gasteiger charge is -2.31. The first-order chi connectivity index (χ1) is 10.0. The van der Waals surface area contributed by atoms with E-state index >= 15 is 0 Å². The van der Waals surface area contributed by atoms with Crippen LogP contribution in [0.25, 0.3) is 0 Å². The Labute approximate surface area is 125 Å². The summed E-state index contributed by atoms with van der Waals surface area (Å²) in [5.41, 5.74) is 0.521. The van der Waals surface area contributed by atoms with Gasteiger partial charge in [0.25, 0.3) is 0 Å². The Morgan fingerprint density at radius 3 is 2.62 bits per heavy atom. The molecule has 0 amide bonds. The summed E-state index contributed by atoms with van der Waals surface area (Å²) in [7, 11) is 0. The molecule has 5 nitrogen and oxygen atoms in total. The number of aromatic nitrogens is 1. The fraction of sp³-hybridized carbons (Fsp3) is 0.688. The van der Waals surface area contributed by atoms with Crippen molar-refractivity contribution < 1.29 is 10.2 Å². The van der Waals surface area contributed by atoms with Crippen LogP contribution in [0, 0.1) is 5.92 Å². The molecule has 0 bridgehead atoms. The number of hydrogen-bond acceptors (Lipinski definition) is 4. The Hall–Kier alpha value is -1.33. The van der Waals surface area contributed by atoms with Crippen molar-refractivity contribution in [3.8, 4) is 5.75 Å². The second-order valence-electron chi connectivity index (χ2n) is 6.12. The van der Waals surface area contributed by atoms with Crippen LogP contribution in [0.15, 0.2) is 17.1 Å². The summed E-state index contributed by atoms with van der Waals surface area (Å²) in [5.74, 6) is 0.516. The van der Waals surface area contributed by atoms with Crippen molar-refractivity contribution in [2.45, 2.75) is 45.7 Å². The number of rotatable bonds is 5. The SMILES string of the molecule is CCC(CO)n1cc(O)c(=O)cc1CN1CCC(C)CC1. The first-order valence-electron chi connectivity index (χ1n) is 7.82. The maximum absolute atomic E-state index is 11.7. The highest BCUT2D eigenvalue weighted by Gasteiger charge is 2.19. The Morgan fingerprint density at radius 2 is 2.05 bits per heavy atom. The topological polar surface area (TPSA) is 65.7 Å². The highest BCUT2D eigenvalue weighted by molar-refractivity contribution is 5.21. The highest BCUT2D eigenvalue weighted by Crippen LogP contribution is 2.21. The molecule has 1 aromatic rings. The highest BCUT2D eigenvalue weighted by atomic mass is 16.3. The molecule has 0 radical (unpaired) electrons. The summed E-state index contributed by atoms with van der Waals surface area (Å²) >= 11 is 0. The lowest BCUT2D eigenvalue weighted by Crippen LogP contribution is -2.34. The van der Waals surface area contributed by atoms with E-state index < -0.39 is 0 Å². The normalized spacial score (nSPS) is 18.8. The maximum Gasteiger partial charge on any atom is 0.223 e. The summed E-state index contributed by atoms with van der Waals surface area (Å²) in [4.78, 5) is 14.1. The third-order valence-corrected chi connectivity index (χ3v) is 4.48. The van der Waals surface area contributed by atoms with Gasteiger partial charge in [0.15, 0.2) is 5.75 Å². The van der Waals surface area contributed by atoms with Crippen LogP contribution < -0.4 is 5.43 Å². The Morgan fingerprint density at radius 1 is 1.38 bits per heavy atom. The van der Waals surface area contributed by atoms with Gasteiger partial charge in [-0.15, -0.1) is 0 Å². The first kappa shape index (κ1) is 16.0. The smallest absolute Gasteiger partial charge is 0.223 e. The van der Waals surface area contributed by atoms with Gasteiger partial charge in [-0.2, -0.15) is 0 Å². The van der Waals surface area contributed by atoms with Crippen LogP contribution in [-0.2, 0) is 6.54 Å². The van der Waals surface area contributed by atoms with E-state index in [0.717, 1.165) is 31.1 Å². The van der Waals surface area contributed by atoms with Crippen LogP contribution in [0.1, 0.15) is 44.8 Å². The molecular formula is C16H26N2O3. The zero-order valence-electron chi connectivity index (χ0n) is 13.0. The molecule has 0 saturated carbocycles. The molecule has 2 rings (SSSR count). The van der Waals surface area contributed by atoms with E-state index in [9.17, 15) is 15.0 Å². The molecule has 1 atom stereocenters. The molecule has 21 heavy (non-hydrogen) atoms. The first-order valence-corrected chi connectivity index (χ1v) is 7.82. The van der Waals surface area contributed by atoms with Gasteiger partial charge in [-0.05, 0) is 38.3 Å². The number of aliphatic hydroxyl groups excluding tert-OH is 1. The van der Waals surface area contributed by atoms with Crippen molar-refractivity contribution >= 4 is 0 Å². The molecule has 1 aliphatic heterocycles. The lowest BCUT2D eigenvalue weighted by atomic mass is 9.99. The van der Waals surface area contributed by atoms with Gasteiger partial charge < -0.3 is 14.8 Å². The zero-order chi connectivity index (χ0) is 15.4. The van der Waals surface area contributed by atoms with E-state index in [4.69, 9.17) is 0 Å². The van der Waals surface area contributed by atoms with E-state index in [1.807, 2.05) is 11.5 Å². The molecule has 1 fully saturated rings. The molecule has 1 aromatic heterocycles. The van der Waals surface area contributed by atoms with E-state index in [1.165, 1.54) is 25.1 Å². The predicted octanol–water partition coefficient (Wildman–Crippen LogP) is 1.73. The predicted molar refractivity (Wildman–Crippen MR) is 82.5 cm³/mol. The molecule has 1 unspecified atom stereocenters. The molecule has 0 spiro atoms. The number of aliphatic hydroxyl groups is 1. The monoisotopic (exact) mass is 294 g/mol. The van der Waals surface area contributed by atoms with Gasteiger partial charge >= 0.3 is 0 Å². The van der Waals surface area contributed by atoms with Gasteiger partial charge in [0.05, 0.1) is 18.8 Å². The Bertz CT molecular complexity index is 515. The Kier molecular flexibility index (Phi) is 5.42. The lowest BCUT2D eigenvalue weighted by molar-refractivity contribution is 0.173. The van der Waals surface area contributed by atoms with Crippen molar-refractivity contribution in [3.05, 3.63) is 28.2 Å². The average molecular weight is 294 g/mol. The number of pyridine rings is 1. The van der Waals surface area contributed by atoms with Gasteiger partial charge in [0.2, 0.25) is 5.43 Å².